The van der Waals surface area contributed by atoms with E-state index in [-0.39, 0.29) is 5.91 Å². The third-order valence-corrected chi connectivity index (χ3v) is 4.01. The van der Waals surface area contributed by atoms with Crippen molar-refractivity contribution in [2.45, 2.75) is 0 Å². The van der Waals surface area contributed by atoms with Gasteiger partial charge in [0.25, 0.3) is 5.91 Å². The Morgan fingerprint density at radius 3 is 2.42 bits per heavy atom. The SMILES string of the molecule is COc1ccc(NC(=O)C[NH+](C)CCOc2ccc(Cl)cc2)c(OC)c1. The van der Waals surface area contributed by atoms with Gasteiger partial charge in [-0.05, 0) is 36.4 Å². The van der Waals surface area contributed by atoms with Gasteiger partial charge < -0.3 is 24.4 Å². The number of carbonyl (C=O) groups excluding carboxylic acids is 1. The van der Waals surface area contributed by atoms with E-state index in [1.807, 2.05) is 19.2 Å². The molecule has 1 unspecified atom stereocenters. The minimum absolute atomic E-state index is 0.0996. The number of halogens is 1. The molecular weight excluding hydrogens is 356 g/mol. The fraction of sp³-hybridized carbons (Fsp3) is 0.316. The molecule has 26 heavy (non-hydrogen) atoms. The summed E-state index contributed by atoms with van der Waals surface area (Å²) in [6.45, 7) is 1.52. The van der Waals surface area contributed by atoms with Crippen LogP contribution in [0, 0.1) is 0 Å². The van der Waals surface area contributed by atoms with Gasteiger partial charge in [0.15, 0.2) is 6.54 Å². The highest BCUT2D eigenvalue weighted by Gasteiger charge is 2.13. The number of hydrogen-bond donors (Lipinski definition) is 2. The van der Waals surface area contributed by atoms with Crippen LogP contribution in [0.2, 0.25) is 5.02 Å². The third kappa shape index (κ3) is 6.13. The van der Waals surface area contributed by atoms with Crippen LogP contribution in [0.15, 0.2) is 42.5 Å². The molecule has 2 N–H and O–H groups in total. The quantitative estimate of drug-likeness (QED) is 0.698. The second-order valence-corrected chi connectivity index (χ2v) is 6.24. The van der Waals surface area contributed by atoms with Crippen molar-refractivity contribution >= 4 is 23.2 Å². The number of anilines is 1. The number of likely N-dealkylation sites (N-methyl/N-ethyl adjacent to an activating group) is 1. The number of rotatable bonds is 9. The monoisotopic (exact) mass is 379 g/mol. The molecule has 0 saturated heterocycles. The van der Waals surface area contributed by atoms with Crippen LogP contribution in [0.4, 0.5) is 5.69 Å². The van der Waals surface area contributed by atoms with Crippen molar-refractivity contribution < 1.29 is 23.9 Å². The first-order chi connectivity index (χ1) is 12.5. The van der Waals surface area contributed by atoms with Gasteiger partial charge >= 0.3 is 0 Å². The first-order valence-electron chi connectivity index (χ1n) is 8.23. The lowest BCUT2D eigenvalue weighted by Gasteiger charge is -2.15. The van der Waals surface area contributed by atoms with E-state index in [1.54, 1.807) is 44.6 Å². The number of hydrogen-bond acceptors (Lipinski definition) is 4. The topological polar surface area (TPSA) is 61.2 Å². The Balaban J connectivity index is 1.79. The summed E-state index contributed by atoms with van der Waals surface area (Å²) in [5, 5.41) is 3.53. The fourth-order valence-corrected chi connectivity index (χ4v) is 2.46. The van der Waals surface area contributed by atoms with Gasteiger partial charge in [-0.25, -0.2) is 0 Å². The predicted octanol–water partition coefficient (Wildman–Crippen LogP) is 1.89. The molecule has 0 aliphatic carbocycles. The summed E-state index contributed by atoms with van der Waals surface area (Å²) in [6, 6.07) is 12.5. The average molecular weight is 380 g/mol. The van der Waals surface area contributed by atoms with Crippen LogP contribution in [0.1, 0.15) is 0 Å². The Morgan fingerprint density at radius 2 is 1.77 bits per heavy atom. The Bertz CT molecular complexity index is 722. The molecule has 140 valence electrons. The molecule has 0 bridgehead atoms. The molecule has 2 aromatic carbocycles. The van der Waals surface area contributed by atoms with Crippen LogP contribution in [0.25, 0.3) is 0 Å². The van der Waals surface area contributed by atoms with E-state index in [0.717, 1.165) is 10.6 Å². The van der Waals surface area contributed by atoms with Gasteiger partial charge in [-0.2, -0.15) is 0 Å². The molecule has 0 spiro atoms. The number of benzene rings is 2. The molecule has 0 fully saturated rings. The zero-order valence-electron chi connectivity index (χ0n) is 15.2. The molecule has 6 nitrogen and oxygen atoms in total. The van der Waals surface area contributed by atoms with Gasteiger partial charge in [-0.15, -0.1) is 0 Å². The van der Waals surface area contributed by atoms with Gasteiger partial charge in [0, 0.05) is 11.1 Å². The Labute approximate surface area is 158 Å². The maximum atomic E-state index is 12.2. The highest BCUT2D eigenvalue weighted by molar-refractivity contribution is 6.30. The smallest absolute Gasteiger partial charge is 0.279 e. The van der Waals surface area contributed by atoms with Gasteiger partial charge in [-0.3, -0.25) is 4.79 Å². The largest absolute Gasteiger partial charge is 0.497 e. The van der Waals surface area contributed by atoms with Crippen molar-refractivity contribution in [1.29, 1.82) is 0 Å². The normalized spacial score (nSPS) is 11.5. The van der Waals surface area contributed by atoms with Crippen molar-refractivity contribution in [3.63, 3.8) is 0 Å². The maximum Gasteiger partial charge on any atom is 0.279 e. The zero-order valence-corrected chi connectivity index (χ0v) is 15.9. The number of carbonyl (C=O) groups is 1. The molecular formula is C19H24ClN2O4+. The molecule has 0 aromatic heterocycles. The van der Waals surface area contributed by atoms with E-state index in [2.05, 4.69) is 5.32 Å². The molecule has 2 rings (SSSR count). The molecule has 2 aromatic rings. The second kappa shape index (κ2) is 9.89. The summed E-state index contributed by atoms with van der Waals surface area (Å²) >= 11 is 5.84. The molecule has 1 amide bonds. The van der Waals surface area contributed by atoms with E-state index >= 15 is 0 Å². The first kappa shape index (κ1) is 19.9. The third-order valence-electron chi connectivity index (χ3n) is 3.76. The van der Waals surface area contributed by atoms with E-state index in [0.29, 0.717) is 41.9 Å². The molecule has 0 saturated carbocycles. The van der Waals surface area contributed by atoms with Crippen LogP contribution in [0.5, 0.6) is 17.2 Å². The van der Waals surface area contributed by atoms with Gasteiger partial charge in [-0.1, -0.05) is 11.6 Å². The number of quaternary nitrogens is 1. The lowest BCUT2D eigenvalue weighted by Crippen LogP contribution is -3.10. The maximum absolute atomic E-state index is 12.2. The van der Waals surface area contributed by atoms with Crippen molar-refractivity contribution in [2.24, 2.45) is 0 Å². The van der Waals surface area contributed by atoms with Crippen LogP contribution in [-0.2, 0) is 4.79 Å². The summed E-state index contributed by atoms with van der Waals surface area (Å²) in [7, 11) is 5.07. The lowest BCUT2D eigenvalue weighted by molar-refractivity contribution is -0.871. The molecule has 0 aliphatic heterocycles. The molecule has 0 heterocycles. The minimum Gasteiger partial charge on any atom is -0.497 e. The Hall–Kier alpha value is -2.44. The van der Waals surface area contributed by atoms with Crippen molar-refractivity contribution in [3.05, 3.63) is 47.5 Å². The first-order valence-corrected chi connectivity index (χ1v) is 8.61. The van der Waals surface area contributed by atoms with E-state index < -0.39 is 0 Å². The second-order valence-electron chi connectivity index (χ2n) is 5.80. The highest BCUT2D eigenvalue weighted by Crippen LogP contribution is 2.28. The molecule has 7 heteroatoms. The van der Waals surface area contributed by atoms with Crippen LogP contribution < -0.4 is 24.4 Å². The summed E-state index contributed by atoms with van der Waals surface area (Å²) in [5.74, 6) is 1.88. The average Bonchev–Trinajstić information content (AvgIpc) is 2.63. The lowest BCUT2D eigenvalue weighted by atomic mass is 10.2. The highest BCUT2D eigenvalue weighted by atomic mass is 35.5. The summed E-state index contributed by atoms with van der Waals surface area (Å²) < 4.78 is 16.1. The molecule has 0 radical (unpaired) electrons. The van der Waals surface area contributed by atoms with Crippen molar-refractivity contribution in [3.8, 4) is 17.2 Å². The van der Waals surface area contributed by atoms with Gasteiger partial charge in [0.05, 0.1) is 27.0 Å². The minimum atomic E-state index is -0.0996. The number of ether oxygens (including phenoxy) is 3. The van der Waals surface area contributed by atoms with E-state index in [9.17, 15) is 4.79 Å². The fourth-order valence-electron chi connectivity index (χ4n) is 2.33. The van der Waals surface area contributed by atoms with Crippen molar-refractivity contribution in [2.75, 3.05) is 46.3 Å². The van der Waals surface area contributed by atoms with Gasteiger partial charge in [0.2, 0.25) is 0 Å². The predicted molar refractivity (Wildman–Crippen MR) is 102 cm³/mol. The summed E-state index contributed by atoms with van der Waals surface area (Å²) in [6.07, 6.45) is 0. The van der Waals surface area contributed by atoms with E-state index in [4.69, 9.17) is 25.8 Å². The van der Waals surface area contributed by atoms with Crippen LogP contribution >= 0.6 is 11.6 Å². The number of methoxy groups -OCH3 is 2. The van der Waals surface area contributed by atoms with Crippen LogP contribution in [-0.4, -0.2) is 46.9 Å². The Kier molecular flexibility index (Phi) is 7.56. The summed E-state index contributed by atoms with van der Waals surface area (Å²) in [4.78, 5) is 13.3. The Morgan fingerprint density at radius 1 is 1.08 bits per heavy atom. The standard InChI is InChI=1S/C19H23ClN2O4/c1-22(10-11-26-15-6-4-14(20)5-7-15)13-19(23)21-17-9-8-16(24-2)12-18(17)25-3/h4-9,12H,10-11,13H2,1-3H3,(H,21,23)/p+1. The van der Waals surface area contributed by atoms with E-state index in [1.165, 1.54) is 0 Å². The van der Waals surface area contributed by atoms with Gasteiger partial charge in [0.1, 0.15) is 30.4 Å². The van der Waals surface area contributed by atoms with Crippen molar-refractivity contribution in [1.82, 2.24) is 0 Å². The molecule has 0 aliphatic rings. The zero-order chi connectivity index (χ0) is 18.9. The number of nitrogens with one attached hydrogen (secondary N) is 2. The number of amides is 1. The van der Waals surface area contributed by atoms with Crippen LogP contribution in [0.3, 0.4) is 0 Å². The summed E-state index contributed by atoms with van der Waals surface area (Å²) in [5.41, 5.74) is 0.614. The molecule has 1 atom stereocenters.